The molecule has 0 bridgehead atoms. The van der Waals surface area contributed by atoms with Gasteiger partial charge in [-0.3, -0.25) is 10.1 Å². The van der Waals surface area contributed by atoms with Crippen LogP contribution in [-0.2, 0) is 0 Å². The Kier molecular flexibility index (Phi) is 6.28. The number of anilines is 1. The molecule has 0 aromatic heterocycles. The maximum Gasteiger partial charge on any atom is 0.311 e. The maximum absolute atomic E-state index is 11.0. The van der Waals surface area contributed by atoms with Crippen LogP contribution in [0.4, 0.5) is 11.4 Å². The fourth-order valence-corrected chi connectivity index (χ4v) is 1.84. The summed E-state index contributed by atoms with van der Waals surface area (Å²) in [5.74, 6) is 0.864. The van der Waals surface area contributed by atoms with E-state index in [4.69, 9.17) is 4.74 Å². The second kappa shape index (κ2) is 7.72. The minimum atomic E-state index is -0.410. The Hall–Kier alpha value is -1.78. The number of nitrogens with zero attached hydrogens (tertiary/aromatic N) is 1. The molecule has 0 aliphatic heterocycles. The fraction of sp³-hybridized carbons (Fsp3) is 0.600. The Labute approximate surface area is 120 Å². The Morgan fingerprint density at radius 2 is 2.05 bits per heavy atom. The molecule has 0 fully saturated rings. The van der Waals surface area contributed by atoms with Crippen molar-refractivity contribution < 1.29 is 9.66 Å². The summed E-state index contributed by atoms with van der Waals surface area (Å²) in [5, 5.41) is 14.4. The van der Waals surface area contributed by atoms with Gasteiger partial charge in [0.25, 0.3) is 0 Å². The van der Waals surface area contributed by atoms with Gasteiger partial charge < -0.3 is 10.1 Å². The highest BCUT2D eigenvalue weighted by Gasteiger charge is 2.17. The smallest absolute Gasteiger partial charge is 0.311 e. The molecular formula is C15H24N2O3. The van der Waals surface area contributed by atoms with Gasteiger partial charge in [0.05, 0.1) is 11.5 Å². The molecule has 5 nitrogen and oxygen atoms in total. The molecule has 0 aliphatic carbocycles. The van der Waals surface area contributed by atoms with Crippen molar-refractivity contribution in [2.24, 2.45) is 5.92 Å². The minimum absolute atomic E-state index is 0.0141. The summed E-state index contributed by atoms with van der Waals surface area (Å²) in [4.78, 5) is 10.6. The van der Waals surface area contributed by atoms with E-state index in [1.165, 1.54) is 6.07 Å². The molecular weight excluding hydrogens is 256 g/mol. The number of nitrogens with one attached hydrogen (secondary N) is 1. The van der Waals surface area contributed by atoms with Crippen molar-refractivity contribution in [3.05, 3.63) is 28.3 Å². The van der Waals surface area contributed by atoms with Crippen LogP contribution in [0.1, 0.15) is 40.5 Å². The molecule has 112 valence electrons. The third-order valence-corrected chi connectivity index (χ3v) is 3.51. The summed E-state index contributed by atoms with van der Waals surface area (Å²) in [7, 11) is 0. The van der Waals surface area contributed by atoms with Gasteiger partial charge in [-0.15, -0.1) is 0 Å². The molecule has 0 saturated carbocycles. The second-order valence-corrected chi connectivity index (χ2v) is 5.11. The summed E-state index contributed by atoms with van der Waals surface area (Å²) in [6, 6.07) is 5.25. The van der Waals surface area contributed by atoms with Crippen LogP contribution in [0.3, 0.4) is 0 Å². The van der Waals surface area contributed by atoms with Crippen molar-refractivity contribution in [3.63, 3.8) is 0 Å². The molecule has 2 unspecified atom stereocenters. The molecule has 1 rings (SSSR count). The van der Waals surface area contributed by atoms with E-state index < -0.39 is 4.92 Å². The first-order chi connectivity index (χ1) is 9.49. The number of hydrogen-bond acceptors (Lipinski definition) is 4. The van der Waals surface area contributed by atoms with E-state index in [9.17, 15) is 10.1 Å². The zero-order valence-corrected chi connectivity index (χ0v) is 12.7. The van der Waals surface area contributed by atoms with E-state index in [2.05, 4.69) is 26.1 Å². The van der Waals surface area contributed by atoms with Crippen LogP contribution >= 0.6 is 0 Å². The lowest BCUT2D eigenvalue weighted by Gasteiger charge is -2.21. The van der Waals surface area contributed by atoms with Crippen LogP contribution in [0.25, 0.3) is 0 Å². The molecule has 1 aromatic rings. The summed E-state index contributed by atoms with van der Waals surface area (Å²) in [5.41, 5.74) is 0.870. The molecule has 5 heteroatoms. The summed E-state index contributed by atoms with van der Waals surface area (Å²) in [6.45, 7) is 8.89. The third kappa shape index (κ3) is 4.40. The predicted octanol–water partition coefficient (Wildman–Crippen LogP) is 4.23. The van der Waals surface area contributed by atoms with Gasteiger partial charge in [-0.1, -0.05) is 27.2 Å². The summed E-state index contributed by atoms with van der Waals surface area (Å²) >= 11 is 0. The molecule has 0 amide bonds. The average Bonchev–Trinajstić information content (AvgIpc) is 2.43. The topological polar surface area (TPSA) is 64.4 Å². The highest BCUT2D eigenvalue weighted by atomic mass is 16.6. The van der Waals surface area contributed by atoms with Crippen molar-refractivity contribution in [1.82, 2.24) is 0 Å². The van der Waals surface area contributed by atoms with Gasteiger partial charge in [-0.2, -0.15) is 0 Å². The fourth-order valence-electron chi connectivity index (χ4n) is 1.84. The van der Waals surface area contributed by atoms with Crippen LogP contribution in [-0.4, -0.2) is 17.6 Å². The van der Waals surface area contributed by atoms with Crippen molar-refractivity contribution in [1.29, 1.82) is 0 Å². The zero-order chi connectivity index (χ0) is 15.1. The first kappa shape index (κ1) is 16.3. The van der Waals surface area contributed by atoms with Crippen LogP contribution < -0.4 is 10.1 Å². The van der Waals surface area contributed by atoms with Crippen molar-refractivity contribution in [2.75, 3.05) is 11.9 Å². The lowest BCUT2D eigenvalue weighted by molar-refractivity contribution is -0.385. The van der Waals surface area contributed by atoms with E-state index >= 15 is 0 Å². The number of rotatable bonds is 8. The van der Waals surface area contributed by atoms with Crippen molar-refractivity contribution >= 4 is 11.4 Å². The van der Waals surface area contributed by atoms with Crippen LogP contribution in [0.2, 0.25) is 0 Å². The molecule has 0 radical (unpaired) electrons. The number of hydrogen-bond donors (Lipinski definition) is 1. The number of ether oxygens (including phenoxy) is 1. The van der Waals surface area contributed by atoms with Gasteiger partial charge >= 0.3 is 5.69 Å². The Bertz CT molecular complexity index is 449. The molecule has 0 saturated heterocycles. The van der Waals surface area contributed by atoms with E-state index in [0.29, 0.717) is 24.3 Å². The predicted molar refractivity (Wildman–Crippen MR) is 81.4 cm³/mol. The molecule has 2 atom stereocenters. The van der Waals surface area contributed by atoms with Gasteiger partial charge in [-0.05, 0) is 25.3 Å². The third-order valence-electron chi connectivity index (χ3n) is 3.51. The highest BCUT2D eigenvalue weighted by molar-refractivity contribution is 5.58. The SMILES string of the molecule is CCCOc1cc(NC(C)C(C)CC)ccc1[N+](=O)[O-]. The quantitative estimate of drug-likeness (QED) is 0.571. The zero-order valence-electron chi connectivity index (χ0n) is 12.7. The highest BCUT2D eigenvalue weighted by Crippen LogP contribution is 2.31. The van der Waals surface area contributed by atoms with Crippen molar-refractivity contribution in [3.8, 4) is 5.75 Å². The normalized spacial score (nSPS) is 13.6. The van der Waals surface area contributed by atoms with Gasteiger partial charge in [-0.25, -0.2) is 0 Å². The largest absolute Gasteiger partial charge is 0.487 e. The second-order valence-electron chi connectivity index (χ2n) is 5.11. The Morgan fingerprint density at radius 1 is 1.35 bits per heavy atom. The van der Waals surface area contributed by atoms with Crippen LogP contribution in [0, 0.1) is 16.0 Å². The van der Waals surface area contributed by atoms with E-state index in [-0.39, 0.29) is 5.69 Å². The number of benzene rings is 1. The maximum atomic E-state index is 11.0. The first-order valence-electron chi connectivity index (χ1n) is 7.17. The lowest BCUT2D eigenvalue weighted by atomic mass is 10.0. The lowest BCUT2D eigenvalue weighted by Crippen LogP contribution is -2.23. The van der Waals surface area contributed by atoms with Gasteiger partial charge in [0, 0.05) is 23.9 Å². The molecule has 0 heterocycles. The molecule has 1 N–H and O–H groups in total. The van der Waals surface area contributed by atoms with Gasteiger partial charge in [0.1, 0.15) is 0 Å². The van der Waals surface area contributed by atoms with Crippen molar-refractivity contribution in [2.45, 2.75) is 46.6 Å². The Balaban J connectivity index is 2.91. The Morgan fingerprint density at radius 3 is 2.60 bits per heavy atom. The molecule has 0 spiro atoms. The number of nitro groups is 1. The first-order valence-corrected chi connectivity index (χ1v) is 7.17. The standard InChI is InChI=1S/C15H24N2O3/c1-5-9-20-15-10-13(7-8-14(15)17(18)19)16-12(4)11(3)6-2/h7-8,10-12,16H,5-6,9H2,1-4H3. The monoisotopic (exact) mass is 280 g/mol. The molecule has 1 aromatic carbocycles. The van der Waals surface area contributed by atoms with Gasteiger partial charge in [0.15, 0.2) is 5.75 Å². The summed E-state index contributed by atoms with van der Waals surface area (Å²) < 4.78 is 5.47. The molecule has 20 heavy (non-hydrogen) atoms. The van der Waals surface area contributed by atoms with Gasteiger partial charge in [0.2, 0.25) is 0 Å². The van der Waals surface area contributed by atoms with Crippen LogP contribution in [0.5, 0.6) is 5.75 Å². The van der Waals surface area contributed by atoms with E-state index in [0.717, 1.165) is 18.5 Å². The summed E-state index contributed by atoms with van der Waals surface area (Å²) in [6.07, 6.45) is 1.90. The molecule has 0 aliphatic rings. The van der Waals surface area contributed by atoms with Crippen LogP contribution in [0.15, 0.2) is 18.2 Å². The number of nitro benzene ring substituents is 1. The average molecular weight is 280 g/mol. The van der Waals surface area contributed by atoms with E-state index in [1.807, 2.05) is 6.92 Å². The van der Waals surface area contributed by atoms with E-state index in [1.54, 1.807) is 12.1 Å². The minimum Gasteiger partial charge on any atom is -0.487 e.